The second kappa shape index (κ2) is 8.38. The van der Waals surface area contributed by atoms with Gasteiger partial charge in [-0.1, -0.05) is 12.1 Å². The molecule has 0 aliphatic carbocycles. The fourth-order valence-electron chi connectivity index (χ4n) is 2.24. The first-order valence-electron chi connectivity index (χ1n) is 7.84. The molecule has 2 aromatic rings. The summed E-state index contributed by atoms with van der Waals surface area (Å²) in [6, 6.07) is 8.86. The molecule has 0 atom stereocenters. The number of aliphatic imine (C=N–C) groups is 1. The second-order valence-corrected chi connectivity index (χ2v) is 5.59. The highest BCUT2D eigenvalue weighted by Gasteiger charge is 2.42. The van der Waals surface area contributed by atoms with Crippen molar-refractivity contribution < 1.29 is 41.0 Å². The number of rotatable bonds is 5. The number of hydrogen-bond acceptors (Lipinski definition) is 4. The van der Waals surface area contributed by atoms with Crippen molar-refractivity contribution in [2.45, 2.75) is 12.4 Å². The van der Waals surface area contributed by atoms with Gasteiger partial charge < -0.3 is 9.84 Å². The van der Waals surface area contributed by atoms with E-state index in [4.69, 9.17) is 4.74 Å². The van der Waals surface area contributed by atoms with Crippen LogP contribution < -0.4 is 4.74 Å². The third-order valence-electron chi connectivity index (χ3n) is 3.66. The average Bonchev–Trinajstić information content (AvgIpc) is 2.66. The number of halogens is 6. The van der Waals surface area contributed by atoms with Gasteiger partial charge in [0.25, 0.3) is 5.78 Å². The Balaban J connectivity index is 2.58. The molecule has 29 heavy (non-hydrogen) atoms. The maximum atomic E-state index is 13.0. The zero-order chi connectivity index (χ0) is 21.8. The molecule has 0 unspecified atom stereocenters. The van der Waals surface area contributed by atoms with Crippen LogP contribution in [0.5, 0.6) is 5.75 Å². The summed E-state index contributed by atoms with van der Waals surface area (Å²) in [4.78, 5) is 15.1. The highest BCUT2D eigenvalue weighted by molar-refractivity contribution is 6.20. The number of para-hydroxylation sites is 1. The standard InChI is InChI=1S/C19H13F6NO3/c1-29-12-8-6-11(7-9-12)16(27)13(17(28)19(23,24)25)10-26-15-5-3-2-4-14(15)18(20,21)22/h2-10,27H,1H3. The van der Waals surface area contributed by atoms with Crippen molar-refractivity contribution in [2.24, 2.45) is 4.99 Å². The first kappa shape index (κ1) is 22.0. The van der Waals surface area contributed by atoms with E-state index in [0.717, 1.165) is 12.1 Å². The lowest BCUT2D eigenvalue weighted by Crippen LogP contribution is -2.26. The largest absolute Gasteiger partial charge is 0.506 e. The number of methoxy groups -OCH3 is 1. The zero-order valence-electron chi connectivity index (χ0n) is 14.7. The Kier molecular flexibility index (Phi) is 6.35. The SMILES string of the molecule is COc1ccc(C(O)=C(C=Nc2ccccc2C(F)(F)F)C(=O)C(F)(F)F)cc1. The first-order chi connectivity index (χ1) is 13.4. The molecule has 154 valence electrons. The van der Waals surface area contributed by atoms with E-state index in [1.54, 1.807) is 0 Å². The van der Waals surface area contributed by atoms with E-state index in [1.165, 1.54) is 37.4 Å². The lowest BCUT2D eigenvalue weighted by atomic mass is 10.0. The van der Waals surface area contributed by atoms with Gasteiger partial charge in [-0.05, 0) is 36.4 Å². The normalized spacial score (nSPS) is 13.3. The molecule has 0 amide bonds. The third-order valence-corrected chi connectivity index (χ3v) is 3.66. The lowest BCUT2D eigenvalue weighted by molar-refractivity contribution is -0.165. The number of Topliss-reactive ketones (excluding diaryl/α,β-unsaturated/α-hetero) is 1. The number of allylic oxidation sites excluding steroid dienone is 1. The van der Waals surface area contributed by atoms with Gasteiger partial charge in [-0.25, -0.2) is 0 Å². The Morgan fingerprint density at radius 1 is 1.00 bits per heavy atom. The molecule has 2 aromatic carbocycles. The number of ketones is 1. The summed E-state index contributed by atoms with van der Waals surface area (Å²) in [5.74, 6) is -3.22. The molecule has 10 heteroatoms. The van der Waals surface area contributed by atoms with Crippen molar-refractivity contribution in [1.29, 1.82) is 0 Å². The molecule has 0 spiro atoms. The van der Waals surface area contributed by atoms with Gasteiger partial charge in [0.15, 0.2) is 0 Å². The number of aliphatic hydroxyl groups excluding tert-OH is 1. The summed E-state index contributed by atoms with van der Waals surface area (Å²) < 4.78 is 82.7. The molecule has 1 N–H and O–H groups in total. The second-order valence-electron chi connectivity index (χ2n) is 5.59. The summed E-state index contributed by atoms with van der Waals surface area (Å²) in [7, 11) is 1.34. The number of hydrogen-bond donors (Lipinski definition) is 1. The van der Waals surface area contributed by atoms with Crippen LogP contribution in [-0.4, -0.2) is 30.4 Å². The van der Waals surface area contributed by atoms with Crippen molar-refractivity contribution >= 4 is 23.4 Å². The van der Waals surface area contributed by atoms with Crippen molar-refractivity contribution in [3.05, 3.63) is 65.2 Å². The number of carbonyl (C=O) groups is 1. The summed E-state index contributed by atoms with van der Waals surface area (Å²) in [5.41, 5.74) is -3.41. The van der Waals surface area contributed by atoms with Crippen LogP contribution in [0.4, 0.5) is 32.0 Å². The fraction of sp³-hybridized carbons (Fsp3) is 0.158. The molecular formula is C19H13F6NO3. The molecule has 0 aliphatic rings. The van der Waals surface area contributed by atoms with E-state index in [-0.39, 0.29) is 11.8 Å². The maximum absolute atomic E-state index is 13.0. The third kappa shape index (κ3) is 5.37. The molecule has 0 aliphatic heterocycles. The molecule has 0 aromatic heterocycles. The molecule has 0 saturated carbocycles. The Hall–Kier alpha value is -3.30. The van der Waals surface area contributed by atoms with E-state index >= 15 is 0 Å². The highest BCUT2D eigenvalue weighted by Crippen LogP contribution is 2.36. The monoisotopic (exact) mass is 417 g/mol. The van der Waals surface area contributed by atoms with Gasteiger partial charge in [0, 0.05) is 11.8 Å². The van der Waals surface area contributed by atoms with Crippen LogP contribution in [0.3, 0.4) is 0 Å². The van der Waals surface area contributed by atoms with Gasteiger partial charge in [-0.3, -0.25) is 9.79 Å². The summed E-state index contributed by atoms with van der Waals surface area (Å²) in [5, 5.41) is 10.2. The Bertz CT molecular complexity index is 944. The van der Waals surface area contributed by atoms with Crippen LogP contribution in [0.15, 0.2) is 59.1 Å². The van der Waals surface area contributed by atoms with Crippen LogP contribution in [0, 0.1) is 0 Å². The first-order valence-corrected chi connectivity index (χ1v) is 7.84. The van der Waals surface area contributed by atoms with Gasteiger partial charge in [0.2, 0.25) is 0 Å². The smallest absolute Gasteiger partial charge is 0.455 e. The van der Waals surface area contributed by atoms with Gasteiger partial charge >= 0.3 is 12.4 Å². The zero-order valence-corrected chi connectivity index (χ0v) is 14.7. The Morgan fingerprint density at radius 2 is 1.59 bits per heavy atom. The van der Waals surface area contributed by atoms with E-state index < -0.39 is 40.7 Å². The minimum Gasteiger partial charge on any atom is -0.506 e. The van der Waals surface area contributed by atoms with E-state index in [2.05, 4.69) is 4.99 Å². The maximum Gasteiger partial charge on any atom is 0.455 e. The number of nitrogens with zero attached hydrogens (tertiary/aromatic N) is 1. The van der Waals surface area contributed by atoms with Crippen LogP contribution in [-0.2, 0) is 11.0 Å². The molecule has 0 bridgehead atoms. The van der Waals surface area contributed by atoms with Crippen LogP contribution in [0.25, 0.3) is 5.76 Å². The number of alkyl halides is 6. The van der Waals surface area contributed by atoms with Gasteiger partial charge in [-0.15, -0.1) is 0 Å². The molecular weight excluding hydrogens is 404 g/mol. The van der Waals surface area contributed by atoms with Gasteiger partial charge in [0.1, 0.15) is 11.5 Å². The van der Waals surface area contributed by atoms with Crippen molar-refractivity contribution in [3.63, 3.8) is 0 Å². The number of benzene rings is 2. The molecule has 0 saturated heterocycles. The fourth-order valence-corrected chi connectivity index (χ4v) is 2.24. The molecule has 4 nitrogen and oxygen atoms in total. The van der Waals surface area contributed by atoms with Crippen molar-refractivity contribution in [2.75, 3.05) is 7.11 Å². The number of aliphatic hydroxyl groups is 1. The summed E-state index contributed by atoms with van der Waals surface area (Å²) >= 11 is 0. The van der Waals surface area contributed by atoms with Crippen LogP contribution in [0.2, 0.25) is 0 Å². The molecule has 0 heterocycles. The van der Waals surface area contributed by atoms with Crippen molar-refractivity contribution in [1.82, 2.24) is 0 Å². The van der Waals surface area contributed by atoms with Crippen LogP contribution in [0.1, 0.15) is 11.1 Å². The number of ether oxygens (including phenoxy) is 1. The van der Waals surface area contributed by atoms with E-state index in [1.807, 2.05) is 0 Å². The Labute approximate surface area is 160 Å². The highest BCUT2D eigenvalue weighted by atomic mass is 19.4. The summed E-state index contributed by atoms with van der Waals surface area (Å²) in [6.45, 7) is 0. The van der Waals surface area contributed by atoms with E-state index in [0.29, 0.717) is 11.8 Å². The molecule has 2 rings (SSSR count). The molecule has 0 radical (unpaired) electrons. The number of carbonyl (C=O) groups excluding carboxylic acids is 1. The average molecular weight is 417 g/mol. The Morgan fingerprint density at radius 3 is 2.10 bits per heavy atom. The molecule has 0 fully saturated rings. The predicted octanol–water partition coefficient (Wildman–Crippen LogP) is 5.52. The van der Waals surface area contributed by atoms with Gasteiger partial charge in [0.05, 0.1) is 23.9 Å². The predicted molar refractivity (Wildman–Crippen MR) is 93.2 cm³/mol. The topological polar surface area (TPSA) is 58.9 Å². The van der Waals surface area contributed by atoms with E-state index in [9.17, 15) is 36.2 Å². The minimum atomic E-state index is -5.38. The van der Waals surface area contributed by atoms with Gasteiger partial charge in [-0.2, -0.15) is 26.3 Å². The quantitative estimate of drug-likeness (QED) is 0.302. The van der Waals surface area contributed by atoms with Crippen LogP contribution >= 0.6 is 0 Å². The minimum absolute atomic E-state index is 0.186. The lowest BCUT2D eigenvalue weighted by Gasteiger charge is -2.11. The summed E-state index contributed by atoms with van der Waals surface area (Å²) in [6.07, 6.45) is -9.94. The van der Waals surface area contributed by atoms with Crippen molar-refractivity contribution in [3.8, 4) is 5.75 Å².